The van der Waals surface area contributed by atoms with Gasteiger partial charge in [-0.15, -0.1) is 0 Å². The van der Waals surface area contributed by atoms with Gasteiger partial charge in [0.1, 0.15) is 6.33 Å². The number of aromatic nitrogens is 3. The Balaban J connectivity index is 1.77. The first-order valence-corrected chi connectivity index (χ1v) is 9.51. The van der Waals surface area contributed by atoms with Crippen molar-refractivity contribution < 1.29 is 9.53 Å². The maximum atomic E-state index is 13.0. The summed E-state index contributed by atoms with van der Waals surface area (Å²) in [5.74, 6) is 0.852. The average Bonchev–Trinajstić information content (AvgIpc) is 3.16. The molecule has 3 rings (SSSR count). The van der Waals surface area contributed by atoms with E-state index in [0.717, 1.165) is 43.8 Å². The number of amides is 1. The Morgan fingerprint density at radius 1 is 1.38 bits per heavy atom. The average molecular weight is 356 g/mol. The number of hydrogen-bond donors (Lipinski definition) is 0. The number of likely N-dealkylation sites (tertiary alicyclic amines) is 1. The molecule has 0 radical (unpaired) electrons. The van der Waals surface area contributed by atoms with E-state index in [-0.39, 0.29) is 18.1 Å². The summed E-state index contributed by atoms with van der Waals surface area (Å²) in [6.07, 6.45) is 4.73. The highest BCUT2D eigenvalue weighted by atomic mass is 16.5. The lowest BCUT2D eigenvalue weighted by Crippen LogP contribution is -2.43. The minimum Gasteiger partial charge on any atom is -0.376 e. The van der Waals surface area contributed by atoms with Crippen LogP contribution in [-0.4, -0.2) is 51.4 Å². The van der Waals surface area contributed by atoms with Crippen molar-refractivity contribution in [3.63, 3.8) is 0 Å². The molecule has 2 aromatic rings. The molecule has 1 fully saturated rings. The second kappa shape index (κ2) is 8.45. The summed E-state index contributed by atoms with van der Waals surface area (Å²) < 4.78 is 7.73. The van der Waals surface area contributed by atoms with Crippen LogP contribution in [-0.2, 0) is 4.74 Å². The van der Waals surface area contributed by atoms with Crippen LogP contribution in [0.3, 0.4) is 0 Å². The number of hydrogen-bond acceptors (Lipinski definition) is 4. The Morgan fingerprint density at radius 3 is 3.00 bits per heavy atom. The van der Waals surface area contributed by atoms with Gasteiger partial charge < -0.3 is 9.64 Å². The zero-order valence-electron chi connectivity index (χ0n) is 15.9. The van der Waals surface area contributed by atoms with Gasteiger partial charge in [-0.1, -0.05) is 19.1 Å². The highest BCUT2D eigenvalue weighted by Gasteiger charge is 2.25. The number of benzene rings is 1. The van der Waals surface area contributed by atoms with Crippen LogP contribution in [0.25, 0.3) is 11.4 Å². The van der Waals surface area contributed by atoms with Crippen molar-refractivity contribution in [3.8, 4) is 11.4 Å². The fourth-order valence-corrected chi connectivity index (χ4v) is 3.35. The summed E-state index contributed by atoms with van der Waals surface area (Å²) in [6.45, 7) is 8.46. The standard InChI is InChI=1S/C20H28N4O2/c1-4-11-26-18-9-6-10-23(13-18)20(25)17-8-5-7-16(12-17)19-21-14-22-24(19)15(2)3/h5,7-8,12,14-15,18H,4,6,9-11,13H2,1-3H3/t18-/m1/s1. The lowest BCUT2D eigenvalue weighted by molar-refractivity contribution is 0.00211. The molecule has 140 valence electrons. The van der Waals surface area contributed by atoms with E-state index in [0.29, 0.717) is 12.1 Å². The van der Waals surface area contributed by atoms with Crippen molar-refractivity contribution in [2.45, 2.75) is 52.2 Å². The first-order valence-electron chi connectivity index (χ1n) is 9.51. The van der Waals surface area contributed by atoms with Crippen molar-refractivity contribution in [1.29, 1.82) is 0 Å². The predicted molar refractivity (Wildman–Crippen MR) is 101 cm³/mol. The van der Waals surface area contributed by atoms with Gasteiger partial charge in [0, 0.05) is 36.9 Å². The van der Waals surface area contributed by atoms with Gasteiger partial charge in [-0.25, -0.2) is 9.67 Å². The molecule has 1 aliphatic heterocycles. The van der Waals surface area contributed by atoms with Crippen molar-refractivity contribution in [3.05, 3.63) is 36.2 Å². The maximum Gasteiger partial charge on any atom is 0.253 e. The first kappa shape index (κ1) is 18.6. The van der Waals surface area contributed by atoms with E-state index in [1.807, 2.05) is 33.8 Å². The van der Waals surface area contributed by atoms with Gasteiger partial charge in [0.15, 0.2) is 5.82 Å². The lowest BCUT2D eigenvalue weighted by Gasteiger charge is -2.32. The topological polar surface area (TPSA) is 60.2 Å². The molecule has 1 saturated heterocycles. The van der Waals surface area contributed by atoms with E-state index in [4.69, 9.17) is 4.74 Å². The van der Waals surface area contributed by atoms with Gasteiger partial charge in [-0.2, -0.15) is 5.10 Å². The Morgan fingerprint density at radius 2 is 2.23 bits per heavy atom. The van der Waals surface area contributed by atoms with Crippen LogP contribution >= 0.6 is 0 Å². The Hall–Kier alpha value is -2.21. The first-order chi connectivity index (χ1) is 12.6. The fourth-order valence-electron chi connectivity index (χ4n) is 3.35. The normalized spacial score (nSPS) is 17.7. The van der Waals surface area contributed by atoms with Gasteiger partial charge in [0.2, 0.25) is 0 Å². The van der Waals surface area contributed by atoms with Gasteiger partial charge in [0.25, 0.3) is 5.91 Å². The maximum absolute atomic E-state index is 13.0. The summed E-state index contributed by atoms with van der Waals surface area (Å²) in [6, 6.07) is 7.89. The number of carbonyl (C=O) groups is 1. The number of piperidine rings is 1. The largest absolute Gasteiger partial charge is 0.376 e. The second-order valence-electron chi connectivity index (χ2n) is 7.09. The summed E-state index contributed by atoms with van der Waals surface area (Å²) >= 11 is 0. The minimum absolute atomic E-state index is 0.0623. The molecular formula is C20H28N4O2. The van der Waals surface area contributed by atoms with Crippen molar-refractivity contribution in [2.75, 3.05) is 19.7 Å². The molecule has 6 heteroatoms. The summed E-state index contributed by atoms with van der Waals surface area (Å²) in [7, 11) is 0. The van der Waals surface area contributed by atoms with E-state index in [1.165, 1.54) is 0 Å². The second-order valence-corrected chi connectivity index (χ2v) is 7.09. The Labute approximate surface area is 155 Å². The number of ether oxygens (including phenoxy) is 1. The molecular weight excluding hydrogens is 328 g/mol. The molecule has 0 bridgehead atoms. The number of carbonyl (C=O) groups excluding carboxylic acids is 1. The van der Waals surface area contributed by atoms with Gasteiger partial charge in [0.05, 0.1) is 6.10 Å². The van der Waals surface area contributed by atoms with Crippen molar-refractivity contribution >= 4 is 5.91 Å². The van der Waals surface area contributed by atoms with E-state index >= 15 is 0 Å². The molecule has 1 aromatic heterocycles. The molecule has 0 unspecified atom stereocenters. The van der Waals surface area contributed by atoms with Crippen molar-refractivity contribution in [2.24, 2.45) is 0 Å². The third kappa shape index (κ3) is 4.12. The lowest BCUT2D eigenvalue weighted by atomic mass is 10.0. The van der Waals surface area contributed by atoms with Crippen LogP contribution in [0.5, 0.6) is 0 Å². The zero-order valence-corrected chi connectivity index (χ0v) is 15.9. The molecule has 6 nitrogen and oxygen atoms in total. The smallest absolute Gasteiger partial charge is 0.253 e. The Bertz CT molecular complexity index is 741. The van der Waals surface area contributed by atoms with Crippen LogP contribution < -0.4 is 0 Å². The summed E-state index contributed by atoms with van der Waals surface area (Å²) in [4.78, 5) is 19.3. The summed E-state index contributed by atoms with van der Waals surface area (Å²) in [5.41, 5.74) is 1.61. The van der Waals surface area contributed by atoms with E-state index in [2.05, 4.69) is 30.9 Å². The highest BCUT2D eigenvalue weighted by Crippen LogP contribution is 2.22. The molecule has 1 amide bonds. The third-order valence-electron chi connectivity index (χ3n) is 4.65. The highest BCUT2D eigenvalue weighted by molar-refractivity contribution is 5.95. The molecule has 1 aliphatic rings. The van der Waals surface area contributed by atoms with Crippen LogP contribution in [0, 0.1) is 0 Å². The van der Waals surface area contributed by atoms with E-state index in [9.17, 15) is 4.79 Å². The quantitative estimate of drug-likeness (QED) is 0.794. The molecule has 0 N–H and O–H groups in total. The molecule has 0 aliphatic carbocycles. The van der Waals surface area contributed by atoms with Crippen LogP contribution in [0.15, 0.2) is 30.6 Å². The molecule has 0 spiro atoms. The number of nitrogens with zero attached hydrogens (tertiary/aromatic N) is 4. The van der Waals surface area contributed by atoms with Gasteiger partial charge in [-0.3, -0.25) is 4.79 Å². The zero-order chi connectivity index (χ0) is 18.5. The van der Waals surface area contributed by atoms with E-state index < -0.39 is 0 Å². The third-order valence-corrected chi connectivity index (χ3v) is 4.65. The van der Waals surface area contributed by atoms with Gasteiger partial charge >= 0.3 is 0 Å². The molecule has 1 aromatic carbocycles. The minimum atomic E-state index is 0.0623. The SMILES string of the molecule is CCCO[C@@H]1CCCN(C(=O)c2cccc(-c3ncnn3C(C)C)c2)C1. The molecule has 0 saturated carbocycles. The molecule has 2 heterocycles. The van der Waals surface area contributed by atoms with Crippen LogP contribution in [0.1, 0.15) is 56.4 Å². The monoisotopic (exact) mass is 356 g/mol. The summed E-state index contributed by atoms with van der Waals surface area (Å²) in [5, 5.41) is 4.29. The molecule has 26 heavy (non-hydrogen) atoms. The van der Waals surface area contributed by atoms with E-state index in [1.54, 1.807) is 6.33 Å². The predicted octanol–water partition coefficient (Wildman–Crippen LogP) is 3.56. The van der Waals surface area contributed by atoms with Crippen LogP contribution in [0.4, 0.5) is 0 Å². The molecule has 1 atom stereocenters. The number of rotatable bonds is 6. The van der Waals surface area contributed by atoms with Crippen LogP contribution in [0.2, 0.25) is 0 Å². The fraction of sp³-hybridized carbons (Fsp3) is 0.550. The van der Waals surface area contributed by atoms with Crippen molar-refractivity contribution in [1.82, 2.24) is 19.7 Å². The Kier molecular flexibility index (Phi) is 6.04. The van der Waals surface area contributed by atoms with Gasteiger partial charge in [-0.05, 0) is 45.2 Å².